The van der Waals surface area contributed by atoms with Crippen LogP contribution in [0.15, 0.2) is 65.2 Å². The first-order valence-corrected chi connectivity index (χ1v) is 8.93. The quantitative estimate of drug-likeness (QED) is 0.546. The molecule has 5 rings (SSSR count). The fourth-order valence-corrected chi connectivity index (χ4v) is 3.48. The van der Waals surface area contributed by atoms with Crippen molar-refractivity contribution < 1.29 is 4.52 Å². The first-order chi connectivity index (χ1) is 12.9. The molecule has 0 bridgehead atoms. The number of aromatic nitrogens is 3. The normalized spacial score (nSPS) is 14.2. The molecule has 0 saturated carbocycles. The zero-order valence-corrected chi connectivity index (χ0v) is 14.3. The number of rotatable bonds is 3. The molecule has 2 aromatic carbocycles. The highest BCUT2D eigenvalue weighted by Gasteiger charge is 2.19. The molecule has 0 N–H and O–H groups in total. The lowest BCUT2D eigenvalue weighted by Gasteiger charge is -2.17. The maximum atomic E-state index is 5.62. The van der Waals surface area contributed by atoms with Crippen molar-refractivity contribution in [2.45, 2.75) is 12.8 Å². The maximum Gasteiger partial charge on any atom is 0.259 e. The van der Waals surface area contributed by atoms with E-state index in [0.29, 0.717) is 11.7 Å². The second-order valence-electron chi connectivity index (χ2n) is 6.53. The van der Waals surface area contributed by atoms with Crippen LogP contribution in [0.25, 0.3) is 33.7 Å². The molecule has 0 unspecified atom stereocenters. The molecule has 1 fully saturated rings. The second kappa shape index (κ2) is 6.26. The smallest absolute Gasteiger partial charge is 0.259 e. The fourth-order valence-electron chi connectivity index (χ4n) is 3.48. The molecule has 1 aliphatic heterocycles. The monoisotopic (exact) mass is 342 g/mol. The van der Waals surface area contributed by atoms with Gasteiger partial charge < -0.3 is 9.42 Å². The van der Waals surface area contributed by atoms with Gasteiger partial charge in [-0.15, -0.1) is 0 Å². The van der Waals surface area contributed by atoms with Crippen LogP contribution in [-0.2, 0) is 0 Å². The van der Waals surface area contributed by atoms with Gasteiger partial charge in [-0.25, -0.2) is 4.98 Å². The second-order valence-corrected chi connectivity index (χ2v) is 6.53. The van der Waals surface area contributed by atoms with E-state index in [-0.39, 0.29) is 0 Å². The first-order valence-electron chi connectivity index (χ1n) is 8.93. The summed E-state index contributed by atoms with van der Waals surface area (Å²) in [5.74, 6) is 2.11. The Hall–Kier alpha value is -3.21. The standard InChI is InChI=1S/C21H18N4O/c1-2-8-15(9-3-1)20-23-21(26-24-20)17-14-19(25-12-6-7-13-25)22-18-11-5-4-10-16(17)18/h1-5,8-11,14H,6-7,12-13H2. The molecule has 1 saturated heterocycles. The van der Waals surface area contributed by atoms with Crippen molar-refractivity contribution in [2.75, 3.05) is 18.0 Å². The predicted octanol–water partition coefficient (Wildman–Crippen LogP) is 4.55. The maximum absolute atomic E-state index is 5.62. The summed E-state index contributed by atoms with van der Waals surface area (Å²) in [5, 5.41) is 5.20. The predicted molar refractivity (Wildman–Crippen MR) is 102 cm³/mol. The molecule has 5 heteroatoms. The summed E-state index contributed by atoms with van der Waals surface area (Å²) in [6.07, 6.45) is 2.42. The SMILES string of the molecule is c1ccc(-c2noc(-c3cc(N4CCCC4)nc4ccccc34)n2)cc1. The Morgan fingerprint density at radius 1 is 0.846 bits per heavy atom. The van der Waals surface area contributed by atoms with Crippen molar-refractivity contribution in [3.8, 4) is 22.8 Å². The van der Waals surface area contributed by atoms with Crippen LogP contribution >= 0.6 is 0 Å². The van der Waals surface area contributed by atoms with Crippen molar-refractivity contribution in [1.29, 1.82) is 0 Å². The molecular formula is C21H18N4O. The Morgan fingerprint density at radius 2 is 1.62 bits per heavy atom. The molecule has 0 aliphatic carbocycles. The van der Waals surface area contributed by atoms with E-state index in [9.17, 15) is 0 Å². The summed E-state index contributed by atoms with van der Waals surface area (Å²) in [7, 11) is 0. The summed E-state index contributed by atoms with van der Waals surface area (Å²) < 4.78 is 5.62. The molecule has 5 nitrogen and oxygen atoms in total. The van der Waals surface area contributed by atoms with Crippen LogP contribution in [0, 0.1) is 0 Å². The molecule has 0 amide bonds. The van der Waals surface area contributed by atoms with Crippen LogP contribution in [0.5, 0.6) is 0 Å². The zero-order valence-electron chi connectivity index (χ0n) is 14.3. The van der Waals surface area contributed by atoms with E-state index in [0.717, 1.165) is 40.9 Å². The summed E-state index contributed by atoms with van der Waals surface area (Å²) in [5.41, 5.74) is 2.83. The van der Waals surface area contributed by atoms with E-state index in [1.54, 1.807) is 0 Å². The van der Waals surface area contributed by atoms with Crippen molar-refractivity contribution >= 4 is 16.7 Å². The Kier molecular flexibility index (Phi) is 3.63. The first kappa shape index (κ1) is 15.1. The molecule has 1 aliphatic rings. The topological polar surface area (TPSA) is 55.1 Å². The van der Waals surface area contributed by atoms with E-state index < -0.39 is 0 Å². The van der Waals surface area contributed by atoms with Crippen LogP contribution in [0.1, 0.15) is 12.8 Å². The van der Waals surface area contributed by atoms with Crippen molar-refractivity contribution in [3.05, 3.63) is 60.7 Å². The average molecular weight is 342 g/mol. The Bertz CT molecular complexity index is 1050. The Labute approximate surface area is 151 Å². The van der Waals surface area contributed by atoms with Gasteiger partial charge in [0.15, 0.2) is 0 Å². The van der Waals surface area contributed by atoms with Crippen LogP contribution in [0.3, 0.4) is 0 Å². The van der Waals surface area contributed by atoms with Crippen LogP contribution < -0.4 is 4.90 Å². The van der Waals surface area contributed by atoms with E-state index in [4.69, 9.17) is 9.51 Å². The molecule has 0 radical (unpaired) electrons. The third-order valence-electron chi connectivity index (χ3n) is 4.82. The minimum Gasteiger partial charge on any atom is -0.357 e. The van der Waals surface area contributed by atoms with Crippen LogP contribution in [0.2, 0.25) is 0 Å². The number of para-hydroxylation sites is 1. The summed E-state index contributed by atoms with van der Waals surface area (Å²) in [4.78, 5) is 11.8. The van der Waals surface area contributed by atoms with E-state index >= 15 is 0 Å². The fraction of sp³-hybridized carbons (Fsp3) is 0.190. The molecule has 26 heavy (non-hydrogen) atoms. The molecule has 3 heterocycles. The van der Waals surface area contributed by atoms with Gasteiger partial charge in [0.25, 0.3) is 5.89 Å². The lowest BCUT2D eigenvalue weighted by Crippen LogP contribution is -2.19. The number of benzene rings is 2. The minimum atomic E-state index is 0.530. The number of nitrogens with zero attached hydrogens (tertiary/aromatic N) is 4. The lowest BCUT2D eigenvalue weighted by atomic mass is 10.1. The minimum absolute atomic E-state index is 0.530. The molecule has 4 aromatic rings. The van der Waals surface area contributed by atoms with Gasteiger partial charge in [0.1, 0.15) is 5.82 Å². The van der Waals surface area contributed by atoms with Crippen LogP contribution in [0.4, 0.5) is 5.82 Å². The molecule has 0 spiro atoms. The van der Waals surface area contributed by atoms with Crippen molar-refractivity contribution in [2.24, 2.45) is 0 Å². The third-order valence-corrected chi connectivity index (χ3v) is 4.82. The van der Waals surface area contributed by atoms with Gasteiger partial charge in [0, 0.05) is 24.0 Å². The Morgan fingerprint density at radius 3 is 2.46 bits per heavy atom. The summed E-state index contributed by atoms with van der Waals surface area (Å²) in [6.45, 7) is 2.09. The number of fused-ring (bicyclic) bond motifs is 1. The van der Waals surface area contributed by atoms with Gasteiger partial charge in [-0.3, -0.25) is 0 Å². The van der Waals surface area contributed by atoms with Crippen LogP contribution in [-0.4, -0.2) is 28.2 Å². The summed E-state index contributed by atoms with van der Waals surface area (Å²) >= 11 is 0. The molecule has 0 atom stereocenters. The number of pyridine rings is 1. The van der Waals surface area contributed by atoms with Crippen molar-refractivity contribution in [3.63, 3.8) is 0 Å². The zero-order chi connectivity index (χ0) is 17.3. The Balaban J connectivity index is 1.65. The molecular weight excluding hydrogens is 324 g/mol. The van der Waals surface area contributed by atoms with Gasteiger partial charge in [0.05, 0.1) is 11.1 Å². The number of anilines is 1. The summed E-state index contributed by atoms with van der Waals surface area (Å²) in [6, 6.07) is 20.1. The highest BCUT2D eigenvalue weighted by molar-refractivity contribution is 5.94. The van der Waals surface area contributed by atoms with Gasteiger partial charge in [-0.2, -0.15) is 4.98 Å². The number of hydrogen-bond acceptors (Lipinski definition) is 5. The third kappa shape index (κ3) is 2.62. The van der Waals surface area contributed by atoms with Gasteiger partial charge in [-0.1, -0.05) is 53.7 Å². The molecule has 128 valence electrons. The lowest BCUT2D eigenvalue weighted by molar-refractivity contribution is 0.432. The largest absolute Gasteiger partial charge is 0.357 e. The number of hydrogen-bond donors (Lipinski definition) is 0. The highest BCUT2D eigenvalue weighted by atomic mass is 16.5. The van der Waals surface area contributed by atoms with Crippen molar-refractivity contribution in [1.82, 2.24) is 15.1 Å². The van der Waals surface area contributed by atoms with Gasteiger partial charge >= 0.3 is 0 Å². The van der Waals surface area contributed by atoms with E-state index in [2.05, 4.69) is 27.2 Å². The van der Waals surface area contributed by atoms with Gasteiger partial charge in [0.2, 0.25) is 5.82 Å². The highest BCUT2D eigenvalue weighted by Crippen LogP contribution is 2.32. The average Bonchev–Trinajstić information content (AvgIpc) is 3.40. The van der Waals surface area contributed by atoms with E-state index in [1.807, 2.05) is 48.5 Å². The molecule has 2 aromatic heterocycles. The van der Waals surface area contributed by atoms with Gasteiger partial charge in [-0.05, 0) is 25.0 Å². The van der Waals surface area contributed by atoms with E-state index in [1.165, 1.54) is 12.8 Å².